The largest absolute Gasteiger partial charge is 0.478 e. The van der Waals surface area contributed by atoms with Crippen LogP contribution in [0.15, 0.2) is 22.7 Å². The minimum atomic E-state index is -0.945. The molecule has 0 saturated heterocycles. The predicted molar refractivity (Wildman–Crippen MR) is 81.1 cm³/mol. The van der Waals surface area contributed by atoms with Crippen molar-refractivity contribution in [3.05, 3.63) is 45.2 Å². The molecule has 2 aromatic rings. The van der Waals surface area contributed by atoms with E-state index in [0.29, 0.717) is 12.2 Å². The number of aromatic nitrogens is 2. The molecule has 1 heterocycles. The van der Waals surface area contributed by atoms with E-state index in [1.54, 1.807) is 18.2 Å². The van der Waals surface area contributed by atoms with Gasteiger partial charge < -0.3 is 10.4 Å². The molecule has 0 fully saturated rings. The van der Waals surface area contributed by atoms with Crippen LogP contribution in [0.3, 0.4) is 0 Å². The molecule has 0 aliphatic carbocycles. The molecule has 1 aromatic heterocycles. The van der Waals surface area contributed by atoms with Crippen LogP contribution in [0.1, 0.15) is 27.3 Å². The Morgan fingerprint density at radius 1 is 1.45 bits per heavy atom. The number of nitrogens with zero attached hydrogens (tertiary/aromatic N) is 2. The molecule has 0 unspecified atom stereocenters. The summed E-state index contributed by atoms with van der Waals surface area (Å²) in [5, 5.41) is 16.7. The average molecular weight is 338 g/mol. The lowest BCUT2D eigenvalue weighted by Crippen LogP contribution is -2.07. The number of aromatic carboxylic acids is 1. The Kier molecular flexibility index (Phi) is 4.13. The zero-order valence-electron chi connectivity index (χ0n) is 11.6. The van der Waals surface area contributed by atoms with E-state index < -0.39 is 5.97 Å². The first kappa shape index (κ1) is 14.6. The van der Waals surface area contributed by atoms with Crippen molar-refractivity contribution in [1.29, 1.82) is 0 Å². The van der Waals surface area contributed by atoms with Crippen molar-refractivity contribution in [3.63, 3.8) is 0 Å². The summed E-state index contributed by atoms with van der Waals surface area (Å²) in [6, 6.07) is 5.07. The molecule has 2 N–H and O–H groups in total. The van der Waals surface area contributed by atoms with Crippen LogP contribution >= 0.6 is 15.9 Å². The van der Waals surface area contributed by atoms with Gasteiger partial charge in [0.25, 0.3) is 0 Å². The number of nitrogens with one attached hydrogen (secondary N) is 1. The second-order valence-corrected chi connectivity index (χ2v) is 5.54. The van der Waals surface area contributed by atoms with Crippen LogP contribution in [0.25, 0.3) is 0 Å². The van der Waals surface area contributed by atoms with Crippen LogP contribution in [0.2, 0.25) is 0 Å². The Morgan fingerprint density at radius 3 is 2.70 bits per heavy atom. The lowest BCUT2D eigenvalue weighted by molar-refractivity contribution is 0.0698. The van der Waals surface area contributed by atoms with Crippen molar-refractivity contribution in [1.82, 2.24) is 9.78 Å². The zero-order valence-corrected chi connectivity index (χ0v) is 13.2. The summed E-state index contributed by atoms with van der Waals surface area (Å²) in [5.41, 5.74) is 3.96. The molecule has 106 valence electrons. The quantitative estimate of drug-likeness (QED) is 0.899. The number of hydrogen-bond acceptors (Lipinski definition) is 3. The Balaban J connectivity index is 2.27. The van der Waals surface area contributed by atoms with Gasteiger partial charge in [-0.3, -0.25) is 4.68 Å². The van der Waals surface area contributed by atoms with E-state index in [-0.39, 0.29) is 5.56 Å². The third-order valence-electron chi connectivity index (χ3n) is 3.33. The van der Waals surface area contributed by atoms with Crippen LogP contribution in [0.5, 0.6) is 0 Å². The van der Waals surface area contributed by atoms with Crippen molar-refractivity contribution >= 4 is 27.6 Å². The van der Waals surface area contributed by atoms with Crippen molar-refractivity contribution < 1.29 is 9.90 Å². The standard InChI is InChI=1S/C14H16BrN3O2/c1-8-12(9(2)18(3)17-8)7-16-13-6-10(15)4-5-11(13)14(19)20/h4-6,16H,7H2,1-3H3,(H,19,20). The maximum Gasteiger partial charge on any atom is 0.337 e. The lowest BCUT2D eigenvalue weighted by Gasteiger charge is -2.10. The number of aryl methyl sites for hydroxylation is 2. The van der Waals surface area contributed by atoms with Gasteiger partial charge in [0.05, 0.1) is 16.9 Å². The molecule has 0 aliphatic heterocycles. The van der Waals surface area contributed by atoms with Gasteiger partial charge in [-0.2, -0.15) is 5.10 Å². The van der Waals surface area contributed by atoms with E-state index in [1.165, 1.54) is 0 Å². The molecule has 0 spiro atoms. The highest BCUT2D eigenvalue weighted by Crippen LogP contribution is 2.23. The second-order valence-electron chi connectivity index (χ2n) is 4.62. The molecule has 0 amide bonds. The fourth-order valence-electron chi connectivity index (χ4n) is 2.11. The monoisotopic (exact) mass is 337 g/mol. The van der Waals surface area contributed by atoms with E-state index in [1.807, 2.05) is 25.6 Å². The van der Waals surface area contributed by atoms with Crippen LogP contribution in [-0.2, 0) is 13.6 Å². The van der Waals surface area contributed by atoms with E-state index in [9.17, 15) is 9.90 Å². The molecule has 5 nitrogen and oxygen atoms in total. The summed E-state index contributed by atoms with van der Waals surface area (Å²) in [6.07, 6.45) is 0. The average Bonchev–Trinajstić information content (AvgIpc) is 2.61. The fraction of sp³-hybridized carbons (Fsp3) is 0.286. The Bertz CT molecular complexity index is 665. The van der Waals surface area contributed by atoms with Gasteiger partial charge in [0.2, 0.25) is 0 Å². The molecule has 0 bridgehead atoms. The number of halogens is 1. The summed E-state index contributed by atoms with van der Waals surface area (Å²) in [7, 11) is 1.90. The SMILES string of the molecule is Cc1nn(C)c(C)c1CNc1cc(Br)ccc1C(=O)O. The van der Waals surface area contributed by atoms with Gasteiger partial charge in [0.15, 0.2) is 0 Å². The summed E-state index contributed by atoms with van der Waals surface area (Å²) in [6.45, 7) is 4.49. The highest BCUT2D eigenvalue weighted by atomic mass is 79.9. The first-order chi connectivity index (χ1) is 9.40. The van der Waals surface area contributed by atoms with Gasteiger partial charge >= 0.3 is 5.97 Å². The second kappa shape index (κ2) is 5.66. The third kappa shape index (κ3) is 2.85. The summed E-state index contributed by atoms with van der Waals surface area (Å²) < 4.78 is 2.66. The summed E-state index contributed by atoms with van der Waals surface area (Å²) >= 11 is 3.36. The summed E-state index contributed by atoms with van der Waals surface area (Å²) in [5.74, 6) is -0.945. The number of rotatable bonds is 4. The number of carboxylic acid groups (broad SMARTS) is 1. The van der Waals surface area contributed by atoms with Crippen LogP contribution in [-0.4, -0.2) is 20.9 Å². The molecule has 6 heteroatoms. The smallest absolute Gasteiger partial charge is 0.337 e. The van der Waals surface area contributed by atoms with Crippen molar-refractivity contribution in [3.8, 4) is 0 Å². The fourth-order valence-corrected chi connectivity index (χ4v) is 2.47. The van der Waals surface area contributed by atoms with Gasteiger partial charge in [-0.05, 0) is 32.0 Å². The first-order valence-electron chi connectivity index (χ1n) is 6.16. The van der Waals surface area contributed by atoms with E-state index >= 15 is 0 Å². The Labute approximate surface area is 125 Å². The van der Waals surface area contributed by atoms with E-state index in [0.717, 1.165) is 21.4 Å². The third-order valence-corrected chi connectivity index (χ3v) is 3.82. The molecule has 0 aliphatic rings. The number of benzene rings is 1. The summed E-state index contributed by atoms with van der Waals surface area (Å²) in [4.78, 5) is 11.2. The van der Waals surface area contributed by atoms with Crippen molar-refractivity contribution in [2.24, 2.45) is 7.05 Å². The number of carboxylic acids is 1. The maximum atomic E-state index is 11.2. The first-order valence-corrected chi connectivity index (χ1v) is 6.95. The lowest BCUT2D eigenvalue weighted by atomic mass is 10.1. The molecule has 0 radical (unpaired) electrons. The highest BCUT2D eigenvalue weighted by molar-refractivity contribution is 9.10. The predicted octanol–water partition coefficient (Wildman–Crippen LogP) is 3.11. The molecule has 20 heavy (non-hydrogen) atoms. The van der Waals surface area contributed by atoms with E-state index in [4.69, 9.17) is 0 Å². The molecule has 0 saturated carbocycles. The number of carbonyl (C=O) groups is 1. The minimum Gasteiger partial charge on any atom is -0.478 e. The van der Waals surface area contributed by atoms with Gasteiger partial charge in [0.1, 0.15) is 0 Å². The number of hydrogen-bond donors (Lipinski definition) is 2. The Morgan fingerprint density at radius 2 is 2.15 bits per heavy atom. The van der Waals surface area contributed by atoms with Crippen molar-refractivity contribution in [2.75, 3.05) is 5.32 Å². The topological polar surface area (TPSA) is 67.2 Å². The molecular weight excluding hydrogens is 322 g/mol. The normalized spacial score (nSPS) is 10.6. The van der Waals surface area contributed by atoms with Gasteiger partial charge in [-0.15, -0.1) is 0 Å². The van der Waals surface area contributed by atoms with Crippen LogP contribution < -0.4 is 5.32 Å². The zero-order chi connectivity index (χ0) is 14.9. The van der Waals surface area contributed by atoms with Crippen molar-refractivity contribution in [2.45, 2.75) is 20.4 Å². The minimum absolute atomic E-state index is 0.257. The van der Waals surface area contributed by atoms with Gasteiger partial charge in [-0.25, -0.2) is 4.79 Å². The Hall–Kier alpha value is -1.82. The van der Waals surface area contributed by atoms with Gasteiger partial charge in [0, 0.05) is 29.3 Å². The molecular formula is C14H16BrN3O2. The molecule has 0 atom stereocenters. The van der Waals surface area contributed by atoms with Crippen LogP contribution in [0.4, 0.5) is 5.69 Å². The van der Waals surface area contributed by atoms with E-state index in [2.05, 4.69) is 26.3 Å². The molecule has 1 aromatic carbocycles. The molecule has 2 rings (SSSR count). The van der Waals surface area contributed by atoms with Crippen LogP contribution in [0, 0.1) is 13.8 Å². The number of anilines is 1. The van der Waals surface area contributed by atoms with Gasteiger partial charge in [-0.1, -0.05) is 15.9 Å². The maximum absolute atomic E-state index is 11.2. The highest BCUT2D eigenvalue weighted by Gasteiger charge is 2.13.